The zero-order chi connectivity index (χ0) is 14.9. The lowest BCUT2D eigenvalue weighted by Gasteiger charge is -2.00. The van der Waals surface area contributed by atoms with Crippen LogP contribution in [0.15, 0.2) is 34.2 Å². The van der Waals surface area contributed by atoms with Crippen molar-refractivity contribution < 1.29 is 13.2 Å². The molecule has 1 aromatic carbocycles. The number of sulfone groups is 1. The van der Waals surface area contributed by atoms with Crippen molar-refractivity contribution in [1.82, 2.24) is 10.3 Å². The Balaban J connectivity index is 2.52. The zero-order valence-corrected chi connectivity index (χ0v) is 11.8. The Hall–Kier alpha value is -2.35. The number of aromatic amines is 1. The Labute approximate surface area is 115 Å². The van der Waals surface area contributed by atoms with Crippen molar-refractivity contribution in [2.45, 2.75) is 4.90 Å². The lowest BCUT2D eigenvalue weighted by atomic mass is 10.2. The monoisotopic (exact) mass is 294 g/mol. The van der Waals surface area contributed by atoms with Gasteiger partial charge in [-0.25, -0.2) is 8.42 Å². The maximum atomic E-state index is 11.9. The summed E-state index contributed by atoms with van der Waals surface area (Å²) in [5, 5.41) is 2.84. The van der Waals surface area contributed by atoms with Crippen LogP contribution in [0.3, 0.4) is 0 Å². The van der Waals surface area contributed by atoms with Gasteiger partial charge in [-0.2, -0.15) is 0 Å². The number of benzene rings is 1. The molecular formula is C12H14N4O3S. The Bertz CT molecular complexity index is 805. The Kier molecular flexibility index (Phi) is 3.49. The highest BCUT2D eigenvalue weighted by atomic mass is 32.2. The number of amides is 1. The molecule has 0 aliphatic carbocycles. The molecule has 0 bridgehead atoms. The number of H-pyrrole nitrogens is 1. The van der Waals surface area contributed by atoms with Crippen molar-refractivity contribution in [2.75, 3.05) is 13.3 Å². The van der Waals surface area contributed by atoms with E-state index in [4.69, 9.17) is 5.73 Å². The van der Waals surface area contributed by atoms with Crippen LogP contribution in [0, 0.1) is 0 Å². The predicted octanol–water partition coefficient (Wildman–Crippen LogP) is 0.246. The number of carbonyl (C=O) groups is 1. The molecule has 0 saturated carbocycles. The molecule has 1 amide bonds. The van der Waals surface area contributed by atoms with Crippen molar-refractivity contribution >= 4 is 32.6 Å². The average Bonchev–Trinajstić information content (AvgIpc) is 2.80. The second-order valence-electron chi connectivity index (χ2n) is 4.24. The van der Waals surface area contributed by atoms with Gasteiger partial charge in [-0.15, -0.1) is 0 Å². The highest BCUT2D eigenvalue weighted by Gasteiger charge is 2.16. The summed E-state index contributed by atoms with van der Waals surface area (Å²) in [5.74, 6) is -0.499. The standard InChI is InChI=1S/C12H14N4O3S/c1-14-12(13)16-11(17)9-6-7-8(15-9)4-3-5-10(7)20(2,18)19/h3-6,15H,1-2H3,(H3,13,14,16,17). The minimum Gasteiger partial charge on any atom is -0.370 e. The first-order valence-corrected chi connectivity index (χ1v) is 7.57. The first-order chi connectivity index (χ1) is 9.32. The van der Waals surface area contributed by atoms with E-state index in [1.807, 2.05) is 0 Å². The summed E-state index contributed by atoms with van der Waals surface area (Å²) < 4.78 is 23.4. The molecule has 2 rings (SSSR count). The third kappa shape index (κ3) is 2.64. The number of rotatable bonds is 2. The molecule has 0 atom stereocenters. The molecule has 20 heavy (non-hydrogen) atoms. The lowest BCUT2D eigenvalue weighted by Crippen LogP contribution is -2.36. The van der Waals surface area contributed by atoms with E-state index in [2.05, 4.69) is 15.3 Å². The Morgan fingerprint density at radius 2 is 2.10 bits per heavy atom. The van der Waals surface area contributed by atoms with Gasteiger partial charge in [0.05, 0.1) is 4.90 Å². The fourth-order valence-corrected chi connectivity index (χ4v) is 2.71. The lowest BCUT2D eigenvalue weighted by molar-refractivity contribution is 0.0972. The number of fused-ring (bicyclic) bond motifs is 1. The van der Waals surface area contributed by atoms with Crippen molar-refractivity contribution in [3.05, 3.63) is 30.0 Å². The highest BCUT2D eigenvalue weighted by molar-refractivity contribution is 7.91. The SMILES string of the molecule is CN=C(N)NC(=O)c1cc2c(S(C)(=O)=O)cccc2[nH]1. The third-order valence-corrected chi connectivity index (χ3v) is 3.91. The van der Waals surface area contributed by atoms with E-state index in [1.165, 1.54) is 19.2 Å². The highest BCUT2D eigenvalue weighted by Crippen LogP contribution is 2.23. The second kappa shape index (κ2) is 4.97. The first-order valence-electron chi connectivity index (χ1n) is 5.68. The Morgan fingerprint density at radius 1 is 1.40 bits per heavy atom. The van der Waals surface area contributed by atoms with E-state index < -0.39 is 15.7 Å². The summed E-state index contributed by atoms with van der Waals surface area (Å²) in [6.07, 6.45) is 1.12. The van der Waals surface area contributed by atoms with Crippen molar-refractivity contribution in [3.63, 3.8) is 0 Å². The van der Waals surface area contributed by atoms with Crippen LogP contribution in [-0.2, 0) is 9.84 Å². The van der Waals surface area contributed by atoms with Crippen LogP contribution >= 0.6 is 0 Å². The molecule has 1 aromatic heterocycles. The van der Waals surface area contributed by atoms with E-state index in [1.54, 1.807) is 12.1 Å². The number of nitrogens with zero attached hydrogens (tertiary/aromatic N) is 1. The quantitative estimate of drug-likeness (QED) is 0.543. The van der Waals surface area contributed by atoms with Gasteiger partial charge in [-0.05, 0) is 18.2 Å². The van der Waals surface area contributed by atoms with E-state index in [9.17, 15) is 13.2 Å². The molecular weight excluding hydrogens is 280 g/mol. The van der Waals surface area contributed by atoms with Gasteiger partial charge in [0, 0.05) is 24.2 Å². The predicted molar refractivity (Wildman–Crippen MR) is 76.4 cm³/mol. The van der Waals surface area contributed by atoms with Gasteiger partial charge >= 0.3 is 0 Å². The van der Waals surface area contributed by atoms with Gasteiger partial charge in [0.2, 0.25) is 0 Å². The van der Waals surface area contributed by atoms with Crippen molar-refractivity contribution in [3.8, 4) is 0 Å². The molecule has 0 aliphatic rings. The molecule has 0 radical (unpaired) electrons. The molecule has 4 N–H and O–H groups in total. The fourth-order valence-electron chi connectivity index (χ4n) is 1.81. The van der Waals surface area contributed by atoms with Gasteiger partial charge in [-0.1, -0.05) is 6.07 Å². The normalized spacial score (nSPS) is 12.6. The van der Waals surface area contributed by atoms with E-state index in [0.717, 1.165) is 6.26 Å². The first kappa shape index (κ1) is 14.1. The number of hydrogen-bond acceptors (Lipinski definition) is 4. The minimum absolute atomic E-state index is 0.0167. The molecule has 8 heteroatoms. The van der Waals surface area contributed by atoms with Gasteiger partial charge < -0.3 is 10.7 Å². The summed E-state index contributed by atoms with van der Waals surface area (Å²) in [6.45, 7) is 0. The van der Waals surface area contributed by atoms with Crippen LogP contribution in [0.4, 0.5) is 0 Å². The summed E-state index contributed by atoms with van der Waals surface area (Å²) in [5.41, 5.74) is 6.18. The minimum atomic E-state index is -3.37. The number of carbonyl (C=O) groups excluding carboxylic acids is 1. The number of hydrogen-bond donors (Lipinski definition) is 3. The summed E-state index contributed by atoms with van der Waals surface area (Å²) in [4.78, 5) is 18.5. The number of nitrogens with one attached hydrogen (secondary N) is 2. The van der Waals surface area contributed by atoms with Crippen LogP contribution in [0.25, 0.3) is 10.9 Å². The zero-order valence-electron chi connectivity index (χ0n) is 11.0. The number of aliphatic imine (C=N–C) groups is 1. The van der Waals surface area contributed by atoms with Crippen LogP contribution in [0.1, 0.15) is 10.5 Å². The number of nitrogens with two attached hydrogens (primary N) is 1. The molecule has 7 nitrogen and oxygen atoms in total. The van der Waals surface area contributed by atoms with E-state index in [0.29, 0.717) is 10.9 Å². The van der Waals surface area contributed by atoms with Gasteiger partial charge in [0.25, 0.3) is 5.91 Å². The van der Waals surface area contributed by atoms with Gasteiger partial charge in [0.1, 0.15) is 5.69 Å². The molecule has 0 fully saturated rings. The van der Waals surface area contributed by atoms with Crippen LogP contribution in [0.2, 0.25) is 0 Å². The second-order valence-corrected chi connectivity index (χ2v) is 6.22. The molecule has 0 spiro atoms. The number of guanidine groups is 1. The molecule has 0 unspecified atom stereocenters. The maximum Gasteiger partial charge on any atom is 0.274 e. The van der Waals surface area contributed by atoms with Crippen molar-refractivity contribution in [2.24, 2.45) is 10.7 Å². The van der Waals surface area contributed by atoms with Crippen LogP contribution < -0.4 is 11.1 Å². The van der Waals surface area contributed by atoms with E-state index >= 15 is 0 Å². The van der Waals surface area contributed by atoms with Gasteiger partial charge in [0.15, 0.2) is 15.8 Å². The largest absolute Gasteiger partial charge is 0.370 e. The number of aromatic nitrogens is 1. The molecule has 106 valence electrons. The fraction of sp³-hybridized carbons (Fsp3) is 0.167. The maximum absolute atomic E-state index is 11.9. The average molecular weight is 294 g/mol. The molecule has 0 saturated heterocycles. The van der Waals surface area contributed by atoms with Gasteiger partial charge in [-0.3, -0.25) is 15.1 Å². The van der Waals surface area contributed by atoms with Crippen LogP contribution in [0.5, 0.6) is 0 Å². The Morgan fingerprint density at radius 3 is 2.70 bits per heavy atom. The topological polar surface area (TPSA) is 117 Å². The molecule has 2 aromatic rings. The third-order valence-electron chi connectivity index (χ3n) is 2.75. The molecule has 1 heterocycles. The van der Waals surface area contributed by atoms with Crippen LogP contribution in [-0.4, -0.2) is 38.6 Å². The molecule has 0 aliphatic heterocycles. The van der Waals surface area contributed by atoms with E-state index in [-0.39, 0.29) is 16.5 Å². The summed E-state index contributed by atoms with van der Waals surface area (Å²) in [6, 6.07) is 6.27. The summed E-state index contributed by atoms with van der Waals surface area (Å²) >= 11 is 0. The summed E-state index contributed by atoms with van der Waals surface area (Å²) in [7, 11) is -1.92. The van der Waals surface area contributed by atoms with Crippen molar-refractivity contribution in [1.29, 1.82) is 0 Å². The smallest absolute Gasteiger partial charge is 0.274 e.